The van der Waals surface area contributed by atoms with Gasteiger partial charge in [-0.25, -0.2) is 0 Å². The molecule has 0 bridgehead atoms. The summed E-state index contributed by atoms with van der Waals surface area (Å²) in [6.07, 6.45) is 14.6. The molecular weight excluding hydrogens is 719 g/mol. The van der Waals surface area contributed by atoms with Crippen LogP contribution in [-0.2, 0) is 28.6 Å². The average Bonchev–Trinajstić information content (AvgIpc) is 3.01. The van der Waals surface area contributed by atoms with Crippen molar-refractivity contribution in [2.45, 2.75) is 143 Å². The molecule has 3 atom stereocenters. The van der Waals surface area contributed by atoms with Crippen molar-refractivity contribution in [3.05, 3.63) is 0 Å². The molecule has 0 aliphatic rings. The number of esters is 3. The first-order valence-corrected chi connectivity index (χ1v) is 33.8. The van der Waals surface area contributed by atoms with Crippen molar-refractivity contribution < 1.29 is 28.6 Å². The number of carbonyl (C=O) groups excluding carboxylic acids is 3. The van der Waals surface area contributed by atoms with Crippen LogP contribution in [0.1, 0.15) is 138 Å². The Labute approximate surface area is 283 Å². The Morgan fingerprint density at radius 2 is 0.795 bits per heavy atom. The first-order chi connectivity index (χ1) is 21.2. The van der Waals surface area contributed by atoms with Crippen molar-refractivity contribution >= 4 is 59.0 Å². The van der Waals surface area contributed by atoms with Gasteiger partial charge in [-0.3, -0.25) is 0 Å². The van der Waals surface area contributed by atoms with E-state index in [0.29, 0.717) is 56.8 Å². The average molecular weight is 786 g/mol. The van der Waals surface area contributed by atoms with E-state index in [9.17, 15) is 14.4 Å². The van der Waals surface area contributed by atoms with E-state index in [4.69, 9.17) is 14.2 Å². The summed E-state index contributed by atoms with van der Waals surface area (Å²) >= 11 is -2.91. The van der Waals surface area contributed by atoms with Gasteiger partial charge < -0.3 is 0 Å². The summed E-state index contributed by atoms with van der Waals surface area (Å²) in [5.41, 5.74) is 0. The molecule has 0 fully saturated rings. The van der Waals surface area contributed by atoms with E-state index in [1.54, 1.807) is 0 Å². The number of rotatable bonds is 30. The predicted octanol–water partition coefficient (Wildman–Crippen LogP) is 10.2. The zero-order valence-electron chi connectivity index (χ0n) is 29.3. The normalized spacial score (nSPS) is 14.8. The van der Waals surface area contributed by atoms with Crippen LogP contribution in [0.2, 0.25) is 4.94 Å². The molecule has 0 aromatic heterocycles. The maximum absolute atomic E-state index is 12.5. The van der Waals surface area contributed by atoms with Crippen LogP contribution in [0.15, 0.2) is 0 Å². The van der Waals surface area contributed by atoms with Gasteiger partial charge in [0, 0.05) is 0 Å². The molecule has 0 saturated heterocycles. The van der Waals surface area contributed by atoms with Crippen molar-refractivity contribution in [3.8, 4) is 0 Å². The van der Waals surface area contributed by atoms with Crippen LogP contribution in [0.3, 0.4) is 0 Å². The Morgan fingerprint density at radius 3 is 1.02 bits per heavy atom. The molecule has 0 aromatic rings. The number of ether oxygens (including phenoxy) is 3. The predicted molar refractivity (Wildman–Crippen MR) is 196 cm³/mol. The van der Waals surface area contributed by atoms with Crippen LogP contribution in [-0.4, -0.2) is 69.2 Å². The van der Waals surface area contributed by atoms with Crippen molar-refractivity contribution in [2.75, 3.05) is 37.1 Å². The van der Waals surface area contributed by atoms with Gasteiger partial charge in [-0.2, -0.15) is 0 Å². The van der Waals surface area contributed by atoms with Crippen LogP contribution in [0, 0.1) is 17.8 Å². The molecule has 0 heterocycles. The molecule has 0 aromatic carbocycles. The SMILES string of the molecule is CCCCC(CC)COC(=O)CC[S][Sn]([CH3])([S]CCC(=O)OCC(CC)CCCC)[S]CCC(=O)OCC(CC)CCCC. The molecule has 0 saturated carbocycles. The summed E-state index contributed by atoms with van der Waals surface area (Å²) in [5.74, 6) is 3.13. The first-order valence-electron chi connectivity index (χ1n) is 17.5. The van der Waals surface area contributed by atoms with Gasteiger partial charge in [-0.1, -0.05) is 0 Å². The second-order valence-corrected chi connectivity index (χ2v) is 48.0. The molecule has 0 aliphatic carbocycles. The Morgan fingerprint density at radius 1 is 0.523 bits per heavy atom. The number of hydrogen-bond acceptors (Lipinski definition) is 9. The van der Waals surface area contributed by atoms with Gasteiger partial charge >= 0.3 is 285 Å². The molecule has 0 rings (SSSR count). The third-order valence-electron chi connectivity index (χ3n) is 8.08. The maximum atomic E-state index is 12.5. The Bertz CT molecular complexity index is 649. The fourth-order valence-corrected chi connectivity index (χ4v) is 36.2. The summed E-state index contributed by atoms with van der Waals surface area (Å²) in [6.45, 7) is 14.6. The molecular formula is C34H66O6S3Sn. The van der Waals surface area contributed by atoms with Crippen molar-refractivity contribution in [2.24, 2.45) is 17.8 Å². The second kappa shape index (κ2) is 29.4. The van der Waals surface area contributed by atoms with Gasteiger partial charge in [-0.15, -0.1) is 0 Å². The summed E-state index contributed by atoms with van der Waals surface area (Å²) in [6, 6.07) is 0. The molecule has 0 radical (unpaired) electrons. The molecule has 0 aliphatic heterocycles. The standard InChI is InChI=1S/3C11H22O2S.CH3.Sn/c3*1-3-5-6-10(4-2)9-13-11(12)7-8-14;;/h3*10,14H,3-9H2,1-2H3;1H3;/q;;;;+3/p-3. The van der Waals surface area contributed by atoms with E-state index >= 15 is 0 Å². The van der Waals surface area contributed by atoms with Gasteiger partial charge in [-0.05, 0) is 0 Å². The van der Waals surface area contributed by atoms with Gasteiger partial charge in [0.25, 0.3) is 0 Å². The molecule has 0 N–H and O–H groups in total. The van der Waals surface area contributed by atoms with Gasteiger partial charge in [0.2, 0.25) is 0 Å². The number of unbranched alkanes of at least 4 members (excludes halogenated alkanes) is 3. The van der Waals surface area contributed by atoms with Crippen molar-refractivity contribution in [3.63, 3.8) is 0 Å². The Balaban J connectivity index is 4.88. The summed E-state index contributed by atoms with van der Waals surface area (Å²) in [7, 11) is 5.71. The van der Waals surface area contributed by atoms with Gasteiger partial charge in [0.05, 0.1) is 0 Å². The number of hydrogen-bond donors (Lipinski definition) is 0. The van der Waals surface area contributed by atoms with Crippen LogP contribution in [0.4, 0.5) is 0 Å². The zero-order chi connectivity index (χ0) is 33.1. The summed E-state index contributed by atoms with van der Waals surface area (Å²) < 4.78 is 16.9. The summed E-state index contributed by atoms with van der Waals surface area (Å²) in [5, 5.41) is 0. The van der Waals surface area contributed by atoms with E-state index in [0.717, 1.165) is 75.0 Å². The van der Waals surface area contributed by atoms with Crippen molar-refractivity contribution in [1.29, 1.82) is 0 Å². The first kappa shape index (κ1) is 44.3. The molecule has 0 amide bonds. The van der Waals surface area contributed by atoms with Crippen LogP contribution < -0.4 is 0 Å². The van der Waals surface area contributed by atoms with Crippen LogP contribution in [0.25, 0.3) is 0 Å². The third-order valence-corrected chi connectivity index (χ3v) is 43.8. The monoisotopic (exact) mass is 786 g/mol. The van der Waals surface area contributed by atoms with E-state index in [1.807, 2.05) is 26.8 Å². The Hall–Kier alpha value is 0.259. The fourth-order valence-electron chi connectivity index (χ4n) is 4.63. The van der Waals surface area contributed by atoms with Crippen LogP contribution in [0.5, 0.6) is 0 Å². The van der Waals surface area contributed by atoms with Crippen molar-refractivity contribution in [1.82, 2.24) is 0 Å². The molecule has 0 spiro atoms. The third kappa shape index (κ3) is 24.4. The molecule has 3 unspecified atom stereocenters. The van der Waals surface area contributed by atoms with Crippen LogP contribution >= 0.6 is 26.8 Å². The second-order valence-electron chi connectivity index (χ2n) is 12.0. The minimum absolute atomic E-state index is 0.120. The quantitative estimate of drug-likeness (QED) is 0.0402. The fraction of sp³-hybridized carbons (Fsp3) is 0.912. The van der Waals surface area contributed by atoms with Gasteiger partial charge in [0.15, 0.2) is 0 Å². The van der Waals surface area contributed by atoms with E-state index in [1.165, 1.54) is 19.3 Å². The Kier molecular flexibility index (Phi) is 29.6. The minimum atomic E-state index is -2.91. The topological polar surface area (TPSA) is 78.9 Å². The van der Waals surface area contributed by atoms with E-state index < -0.39 is 14.2 Å². The molecule has 6 nitrogen and oxygen atoms in total. The molecule has 10 heteroatoms. The zero-order valence-corrected chi connectivity index (χ0v) is 34.6. The van der Waals surface area contributed by atoms with E-state index in [-0.39, 0.29) is 17.9 Å². The van der Waals surface area contributed by atoms with E-state index in [2.05, 4.69) is 46.5 Å². The number of carbonyl (C=O) groups is 3. The molecule has 44 heavy (non-hydrogen) atoms. The summed E-state index contributed by atoms with van der Waals surface area (Å²) in [4.78, 5) is 39.9. The molecule has 260 valence electrons. The van der Waals surface area contributed by atoms with Gasteiger partial charge in [0.1, 0.15) is 0 Å².